The fourth-order valence-corrected chi connectivity index (χ4v) is 4.40. The van der Waals surface area contributed by atoms with Crippen LogP contribution in [0.1, 0.15) is 15.9 Å². The van der Waals surface area contributed by atoms with Crippen LogP contribution in [0.2, 0.25) is 0 Å². The predicted octanol–water partition coefficient (Wildman–Crippen LogP) is 3.37. The van der Waals surface area contributed by atoms with Crippen LogP contribution in [0, 0.1) is 6.92 Å². The summed E-state index contributed by atoms with van der Waals surface area (Å²) in [6, 6.07) is 20.4. The molecule has 0 saturated heterocycles. The van der Waals surface area contributed by atoms with Gasteiger partial charge < -0.3 is 14.8 Å². The summed E-state index contributed by atoms with van der Waals surface area (Å²) in [5, 5.41) is 2.84. The van der Waals surface area contributed by atoms with Crippen LogP contribution in [-0.4, -0.2) is 33.6 Å². The molecule has 2 N–H and O–H groups in total. The molecule has 1 heterocycles. The Hall–Kier alpha value is -3.52. The van der Waals surface area contributed by atoms with Crippen molar-refractivity contribution < 1.29 is 22.7 Å². The molecule has 1 aliphatic heterocycles. The molecule has 8 heteroatoms. The minimum Gasteiger partial charge on any atom is -0.486 e. The molecule has 0 radical (unpaired) electrons. The van der Waals surface area contributed by atoms with Crippen LogP contribution < -0.4 is 19.5 Å². The Kier molecular flexibility index (Phi) is 5.81. The van der Waals surface area contributed by atoms with E-state index in [1.165, 1.54) is 12.1 Å². The van der Waals surface area contributed by atoms with Crippen LogP contribution in [0.15, 0.2) is 77.7 Å². The summed E-state index contributed by atoms with van der Waals surface area (Å²) < 4.78 is 39.3. The lowest BCUT2D eigenvalue weighted by Crippen LogP contribution is -2.40. The van der Waals surface area contributed by atoms with Crippen LogP contribution in [-0.2, 0) is 10.0 Å². The highest BCUT2D eigenvalue weighted by Crippen LogP contribution is 2.30. The number of rotatable bonds is 6. The molecule has 1 atom stereocenters. The summed E-state index contributed by atoms with van der Waals surface area (Å²) in [5.74, 6) is 1.00. The van der Waals surface area contributed by atoms with E-state index in [4.69, 9.17) is 9.47 Å². The Labute approximate surface area is 181 Å². The molecule has 1 aliphatic rings. The van der Waals surface area contributed by atoms with E-state index in [-0.39, 0.29) is 23.5 Å². The van der Waals surface area contributed by atoms with Gasteiger partial charge >= 0.3 is 0 Å². The van der Waals surface area contributed by atoms with Crippen LogP contribution in [0.5, 0.6) is 11.5 Å². The second kappa shape index (κ2) is 8.69. The zero-order valence-corrected chi connectivity index (χ0v) is 17.7. The first-order chi connectivity index (χ1) is 14.9. The lowest BCUT2D eigenvalue weighted by Gasteiger charge is -2.26. The lowest BCUT2D eigenvalue weighted by atomic mass is 10.1. The second-order valence-corrected chi connectivity index (χ2v) is 8.79. The summed E-state index contributed by atoms with van der Waals surface area (Å²) in [7, 11) is -3.75. The second-order valence-electron chi connectivity index (χ2n) is 7.10. The van der Waals surface area contributed by atoms with E-state index >= 15 is 0 Å². The molecule has 160 valence electrons. The van der Waals surface area contributed by atoms with Crippen molar-refractivity contribution in [2.45, 2.75) is 17.9 Å². The van der Waals surface area contributed by atoms with E-state index in [1.807, 2.05) is 24.3 Å². The Morgan fingerprint density at radius 1 is 0.968 bits per heavy atom. The van der Waals surface area contributed by atoms with Gasteiger partial charge in [0.1, 0.15) is 12.7 Å². The number of carbonyl (C=O) groups excluding carboxylic acids is 1. The van der Waals surface area contributed by atoms with Crippen molar-refractivity contribution in [2.75, 3.05) is 17.9 Å². The Bertz CT molecular complexity index is 1200. The Morgan fingerprint density at radius 2 is 1.68 bits per heavy atom. The maximum absolute atomic E-state index is 12.8. The van der Waals surface area contributed by atoms with Gasteiger partial charge in [-0.05, 0) is 48.9 Å². The average Bonchev–Trinajstić information content (AvgIpc) is 2.79. The first-order valence-electron chi connectivity index (χ1n) is 9.78. The van der Waals surface area contributed by atoms with Gasteiger partial charge in [-0.3, -0.25) is 9.52 Å². The van der Waals surface area contributed by atoms with Crippen LogP contribution in [0.3, 0.4) is 0 Å². The highest BCUT2D eigenvalue weighted by molar-refractivity contribution is 7.92. The van der Waals surface area contributed by atoms with Crippen molar-refractivity contribution in [2.24, 2.45) is 0 Å². The molecule has 0 saturated carbocycles. The Morgan fingerprint density at radius 3 is 2.45 bits per heavy atom. The molecule has 1 unspecified atom stereocenters. The van der Waals surface area contributed by atoms with Gasteiger partial charge in [-0.15, -0.1) is 0 Å². The number of fused-ring (bicyclic) bond motifs is 1. The summed E-state index contributed by atoms with van der Waals surface area (Å²) in [5.41, 5.74) is 1.26. The lowest BCUT2D eigenvalue weighted by molar-refractivity contribution is 0.0789. The van der Waals surface area contributed by atoms with E-state index in [1.54, 1.807) is 43.3 Å². The third-order valence-corrected chi connectivity index (χ3v) is 6.32. The summed E-state index contributed by atoms with van der Waals surface area (Å²) in [6.45, 7) is 2.29. The molecular weight excluding hydrogens is 416 g/mol. The van der Waals surface area contributed by atoms with Crippen LogP contribution in [0.25, 0.3) is 0 Å². The fraction of sp³-hybridized carbons (Fsp3) is 0.174. The minimum atomic E-state index is -3.75. The normalized spacial score (nSPS) is 15.2. The number of hydrogen-bond donors (Lipinski definition) is 2. The van der Waals surface area contributed by atoms with Crippen molar-refractivity contribution >= 4 is 21.6 Å². The van der Waals surface area contributed by atoms with Crippen LogP contribution >= 0.6 is 0 Å². The number of anilines is 1. The molecule has 4 rings (SSSR count). The van der Waals surface area contributed by atoms with Crippen molar-refractivity contribution in [3.63, 3.8) is 0 Å². The number of hydrogen-bond acceptors (Lipinski definition) is 5. The first-order valence-corrected chi connectivity index (χ1v) is 11.3. The number of sulfonamides is 1. The highest BCUT2D eigenvalue weighted by Gasteiger charge is 2.22. The van der Waals surface area contributed by atoms with Crippen molar-refractivity contribution in [1.82, 2.24) is 5.32 Å². The zero-order valence-electron chi connectivity index (χ0n) is 16.9. The molecule has 7 nitrogen and oxygen atoms in total. The van der Waals surface area contributed by atoms with Crippen LogP contribution in [0.4, 0.5) is 5.69 Å². The van der Waals surface area contributed by atoms with E-state index in [9.17, 15) is 13.2 Å². The third-order valence-electron chi connectivity index (χ3n) is 4.93. The largest absolute Gasteiger partial charge is 0.486 e. The van der Waals surface area contributed by atoms with E-state index in [0.717, 1.165) is 0 Å². The SMILES string of the molecule is Cc1c(NS(=O)(=O)c2ccccc2)cccc1C(=O)NCC1COc2ccccc2O1. The standard InChI is InChI=1S/C23H22N2O5S/c1-16-19(10-7-11-20(16)25-31(27,28)18-8-3-2-4-9-18)23(26)24-14-17-15-29-21-12-5-6-13-22(21)30-17/h2-13,17,25H,14-15H2,1H3,(H,24,26). The molecule has 0 bridgehead atoms. The Balaban J connectivity index is 1.44. The van der Waals surface area contributed by atoms with E-state index in [0.29, 0.717) is 34.9 Å². The molecule has 0 aromatic heterocycles. The number of amides is 1. The van der Waals surface area contributed by atoms with Gasteiger partial charge in [0.2, 0.25) is 0 Å². The van der Waals surface area contributed by atoms with Gasteiger partial charge in [0.15, 0.2) is 11.5 Å². The van der Waals surface area contributed by atoms with Gasteiger partial charge in [-0.25, -0.2) is 8.42 Å². The monoisotopic (exact) mass is 438 g/mol. The molecule has 3 aromatic carbocycles. The number of nitrogens with one attached hydrogen (secondary N) is 2. The third kappa shape index (κ3) is 4.64. The van der Waals surface area contributed by atoms with Crippen molar-refractivity contribution in [3.8, 4) is 11.5 Å². The van der Waals surface area contributed by atoms with Gasteiger partial charge in [0, 0.05) is 5.56 Å². The molecule has 1 amide bonds. The summed E-state index contributed by atoms with van der Waals surface area (Å²) in [4.78, 5) is 12.9. The maximum Gasteiger partial charge on any atom is 0.261 e. The molecule has 0 aliphatic carbocycles. The quantitative estimate of drug-likeness (QED) is 0.616. The molecule has 0 spiro atoms. The average molecular weight is 439 g/mol. The number of benzene rings is 3. The number of carbonyl (C=O) groups is 1. The molecule has 0 fully saturated rings. The summed E-state index contributed by atoms with van der Waals surface area (Å²) >= 11 is 0. The number of ether oxygens (including phenoxy) is 2. The van der Waals surface area contributed by atoms with Gasteiger partial charge in [0.25, 0.3) is 15.9 Å². The van der Waals surface area contributed by atoms with Gasteiger partial charge in [-0.2, -0.15) is 0 Å². The first kappa shape index (κ1) is 20.7. The van der Waals surface area contributed by atoms with Gasteiger partial charge in [0.05, 0.1) is 17.1 Å². The van der Waals surface area contributed by atoms with Crippen molar-refractivity contribution in [1.29, 1.82) is 0 Å². The fourth-order valence-electron chi connectivity index (χ4n) is 3.26. The molecular formula is C23H22N2O5S. The zero-order chi connectivity index (χ0) is 21.8. The smallest absolute Gasteiger partial charge is 0.261 e. The summed E-state index contributed by atoms with van der Waals surface area (Å²) in [6.07, 6.45) is -0.320. The van der Waals surface area contributed by atoms with Crippen molar-refractivity contribution in [3.05, 3.63) is 83.9 Å². The maximum atomic E-state index is 12.8. The molecule has 3 aromatic rings. The minimum absolute atomic E-state index is 0.152. The van der Waals surface area contributed by atoms with E-state index in [2.05, 4.69) is 10.0 Å². The van der Waals surface area contributed by atoms with E-state index < -0.39 is 10.0 Å². The molecule has 31 heavy (non-hydrogen) atoms. The number of para-hydroxylation sites is 2. The van der Waals surface area contributed by atoms with Gasteiger partial charge in [-0.1, -0.05) is 36.4 Å². The highest BCUT2D eigenvalue weighted by atomic mass is 32.2. The predicted molar refractivity (Wildman–Crippen MR) is 117 cm³/mol. The topological polar surface area (TPSA) is 93.7 Å².